The van der Waals surface area contributed by atoms with Crippen LogP contribution in [0.15, 0.2) is 6.33 Å². The zero-order valence-electron chi connectivity index (χ0n) is 9.16. The van der Waals surface area contributed by atoms with Crippen molar-refractivity contribution >= 4 is 11.5 Å². The van der Waals surface area contributed by atoms with Gasteiger partial charge < -0.3 is 15.0 Å². The highest BCUT2D eigenvalue weighted by Crippen LogP contribution is 2.32. The SMILES string of the molecule is CCN1CCCNc2c(OC)ncnc21. The summed E-state index contributed by atoms with van der Waals surface area (Å²) >= 11 is 0. The zero-order valence-corrected chi connectivity index (χ0v) is 9.16. The Morgan fingerprint density at radius 1 is 1.53 bits per heavy atom. The second-order valence-electron chi connectivity index (χ2n) is 3.44. The molecule has 2 heterocycles. The largest absolute Gasteiger partial charge is 0.479 e. The van der Waals surface area contributed by atoms with Crippen molar-refractivity contribution in [1.29, 1.82) is 0 Å². The first-order chi connectivity index (χ1) is 7.36. The lowest BCUT2D eigenvalue weighted by Crippen LogP contribution is -2.24. The van der Waals surface area contributed by atoms with Crippen LogP contribution >= 0.6 is 0 Å². The average molecular weight is 208 g/mol. The van der Waals surface area contributed by atoms with Crippen molar-refractivity contribution in [2.75, 3.05) is 37.0 Å². The number of hydrogen-bond acceptors (Lipinski definition) is 5. The van der Waals surface area contributed by atoms with E-state index < -0.39 is 0 Å². The number of anilines is 2. The van der Waals surface area contributed by atoms with E-state index in [0.29, 0.717) is 5.88 Å². The summed E-state index contributed by atoms with van der Waals surface area (Å²) in [6, 6.07) is 0. The molecule has 1 aromatic heterocycles. The molecular formula is C10H16N4O. The number of nitrogens with zero attached hydrogens (tertiary/aromatic N) is 3. The molecule has 5 nitrogen and oxygen atoms in total. The molecule has 2 rings (SSSR count). The summed E-state index contributed by atoms with van der Waals surface area (Å²) in [5, 5.41) is 3.32. The predicted molar refractivity (Wildman–Crippen MR) is 59.6 cm³/mol. The van der Waals surface area contributed by atoms with Crippen LogP contribution < -0.4 is 15.0 Å². The van der Waals surface area contributed by atoms with E-state index in [1.807, 2.05) is 0 Å². The second kappa shape index (κ2) is 4.33. The summed E-state index contributed by atoms with van der Waals surface area (Å²) in [6.07, 6.45) is 2.65. The monoisotopic (exact) mass is 208 g/mol. The van der Waals surface area contributed by atoms with Gasteiger partial charge in [-0.05, 0) is 13.3 Å². The van der Waals surface area contributed by atoms with E-state index in [1.165, 1.54) is 0 Å². The van der Waals surface area contributed by atoms with E-state index in [4.69, 9.17) is 4.74 Å². The van der Waals surface area contributed by atoms with Crippen LogP contribution in [0.1, 0.15) is 13.3 Å². The third-order valence-electron chi connectivity index (χ3n) is 2.57. The van der Waals surface area contributed by atoms with E-state index in [2.05, 4.69) is 27.1 Å². The number of aromatic nitrogens is 2. The maximum absolute atomic E-state index is 5.22. The molecule has 0 amide bonds. The molecular weight excluding hydrogens is 192 g/mol. The molecule has 1 aliphatic rings. The Hall–Kier alpha value is -1.52. The van der Waals surface area contributed by atoms with Crippen LogP contribution in [0.3, 0.4) is 0 Å². The summed E-state index contributed by atoms with van der Waals surface area (Å²) in [4.78, 5) is 10.6. The fourth-order valence-electron chi connectivity index (χ4n) is 1.81. The van der Waals surface area contributed by atoms with Crippen molar-refractivity contribution in [1.82, 2.24) is 9.97 Å². The number of hydrogen-bond donors (Lipinski definition) is 1. The maximum atomic E-state index is 5.22. The van der Waals surface area contributed by atoms with Gasteiger partial charge >= 0.3 is 0 Å². The lowest BCUT2D eigenvalue weighted by Gasteiger charge is -2.21. The van der Waals surface area contributed by atoms with Gasteiger partial charge in [-0.1, -0.05) is 0 Å². The highest BCUT2D eigenvalue weighted by Gasteiger charge is 2.19. The van der Waals surface area contributed by atoms with E-state index in [9.17, 15) is 0 Å². The summed E-state index contributed by atoms with van der Waals surface area (Å²) < 4.78 is 5.22. The molecule has 0 spiro atoms. The van der Waals surface area contributed by atoms with Gasteiger partial charge in [-0.25, -0.2) is 4.98 Å². The van der Waals surface area contributed by atoms with Gasteiger partial charge in [-0.2, -0.15) is 4.98 Å². The van der Waals surface area contributed by atoms with Gasteiger partial charge in [0.05, 0.1) is 7.11 Å². The number of fused-ring (bicyclic) bond motifs is 1. The molecule has 1 N–H and O–H groups in total. The molecule has 0 saturated heterocycles. The van der Waals surface area contributed by atoms with Gasteiger partial charge in [0, 0.05) is 19.6 Å². The molecule has 1 aromatic rings. The number of methoxy groups -OCH3 is 1. The first kappa shape index (κ1) is 10.0. The summed E-state index contributed by atoms with van der Waals surface area (Å²) in [5.41, 5.74) is 0.916. The van der Waals surface area contributed by atoms with Gasteiger partial charge in [0.25, 0.3) is 0 Å². The highest BCUT2D eigenvalue weighted by atomic mass is 16.5. The van der Waals surface area contributed by atoms with Gasteiger partial charge in [0.2, 0.25) is 5.88 Å². The summed E-state index contributed by atoms with van der Waals surface area (Å²) in [6.45, 7) is 5.04. The van der Waals surface area contributed by atoms with Crippen LogP contribution in [-0.4, -0.2) is 36.7 Å². The molecule has 5 heteroatoms. The minimum atomic E-state index is 0.625. The molecule has 0 unspecified atom stereocenters. The fraction of sp³-hybridized carbons (Fsp3) is 0.600. The summed E-state index contributed by atoms with van der Waals surface area (Å²) in [5.74, 6) is 1.57. The van der Waals surface area contributed by atoms with Crippen molar-refractivity contribution in [3.8, 4) is 5.88 Å². The van der Waals surface area contributed by atoms with E-state index in [1.54, 1.807) is 13.4 Å². The van der Waals surface area contributed by atoms with Crippen LogP contribution in [0, 0.1) is 0 Å². The van der Waals surface area contributed by atoms with Crippen LogP contribution in [0.4, 0.5) is 11.5 Å². The van der Waals surface area contributed by atoms with Gasteiger partial charge in [-0.3, -0.25) is 0 Å². The van der Waals surface area contributed by atoms with E-state index in [0.717, 1.165) is 37.6 Å². The first-order valence-electron chi connectivity index (χ1n) is 5.24. The Morgan fingerprint density at radius 2 is 2.40 bits per heavy atom. The maximum Gasteiger partial charge on any atom is 0.242 e. The lowest BCUT2D eigenvalue weighted by atomic mass is 10.4. The molecule has 0 saturated carbocycles. The van der Waals surface area contributed by atoms with Crippen LogP contribution in [-0.2, 0) is 0 Å². The third kappa shape index (κ3) is 1.82. The topological polar surface area (TPSA) is 50.3 Å². The van der Waals surface area contributed by atoms with Crippen molar-refractivity contribution in [2.24, 2.45) is 0 Å². The molecule has 0 aliphatic carbocycles. The van der Waals surface area contributed by atoms with E-state index >= 15 is 0 Å². The molecule has 82 valence electrons. The minimum absolute atomic E-state index is 0.625. The second-order valence-corrected chi connectivity index (χ2v) is 3.44. The predicted octanol–water partition coefficient (Wildman–Crippen LogP) is 1.13. The molecule has 0 aromatic carbocycles. The van der Waals surface area contributed by atoms with Crippen molar-refractivity contribution in [2.45, 2.75) is 13.3 Å². The molecule has 1 aliphatic heterocycles. The number of rotatable bonds is 2. The quantitative estimate of drug-likeness (QED) is 0.789. The normalized spacial score (nSPS) is 15.2. The third-order valence-corrected chi connectivity index (χ3v) is 2.57. The van der Waals surface area contributed by atoms with Gasteiger partial charge in [-0.15, -0.1) is 0 Å². The Morgan fingerprint density at radius 3 is 3.13 bits per heavy atom. The fourth-order valence-corrected chi connectivity index (χ4v) is 1.81. The Balaban J connectivity index is 2.44. The molecule has 15 heavy (non-hydrogen) atoms. The smallest absolute Gasteiger partial charge is 0.242 e. The molecule has 0 bridgehead atoms. The number of nitrogens with one attached hydrogen (secondary N) is 1. The average Bonchev–Trinajstić information content (AvgIpc) is 2.50. The lowest BCUT2D eigenvalue weighted by molar-refractivity contribution is 0.399. The standard InChI is InChI=1S/C10H16N4O/c1-3-14-6-4-5-11-8-9(14)12-7-13-10(8)15-2/h7,11H,3-6H2,1-2H3. The Labute approximate surface area is 89.5 Å². The molecule has 0 atom stereocenters. The first-order valence-corrected chi connectivity index (χ1v) is 5.24. The summed E-state index contributed by atoms with van der Waals surface area (Å²) in [7, 11) is 1.63. The van der Waals surface area contributed by atoms with Crippen LogP contribution in [0.5, 0.6) is 5.88 Å². The van der Waals surface area contributed by atoms with E-state index in [-0.39, 0.29) is 0 Å². The molecule has 0 radical (unpaired) electrons. The Kier molecular flexibility index (Phi) is 2.89. The Bertz CT molecular complexity index is 342. The zero-order chi connectivity index (χ0) is 10.7. The molecule has 0 fully saturated rings. The highest BCUT2D eigenvalue weighted by molar-refractivity contribution is 5.71. The van der Waals surface area contributed by atoms with Crippen molar-refractivity contribution in [3.05, 3.63) is 6.33 Å². The van der Waals surface area contributed by atoms with Crippen LogP contribution in [0.2, 0.25) is 0 Å². The van der Waals surface area contributed by atoms with Gasteiger partial charge in [0.15, 0.2) is 5.82 Å². The van der Waals surface area contributed by atoms with Gasteiger partial charge in [0.1, 0.15) is 12.0 Å². The number of ether oxygens (including phenoxy) is 1. The van der Waals surface area contributed by atoms with Crippen LogP contribution in [0.25, 0.3) is 0 Å². The van der Waals surface area contributed by atoms with Crippen molar-refractivity contribution < 1.29 is 4.74 Å². The van der Waals surface area contributed by atoms with Crippen molar-refractivity contribution in [3.63, 3.8) is 0 Å². The minimum Gasteiger partial charge on any atom is -0.479 e.